The van der Waals surface area contributed by atoms with E-state index in [0.29, 0.717) is 23.7 Å². The van der Waals surface area contributed by atoms with E-state index in [4.69, 9.17) is 14.2 Å². The molecule has 26 heavy (non-hydrogen) atoms. The van der Waals surface area contributed by atoms with Gasteiger partial charge in [0.15, 0.2) is 17.6 Å². The van der Waals surface area contributed by atoms with Gasteiger partial charge in [0.2, 0.25) is 0 Å². The zero-order chi connectivity index (χ0) is 19.1. The van der Waals surface area contributed by atoms with Crippen LogP contribution in [0.15, 0.2) is 23.6 Å². The zero-order valence-electron chi connectivity index (χ0n) is 15.2. The molecule has 8 heteroatoms. The monoisotopic (exact) mass is 378 g/mol. The van der Waals surface area contributed by atoms with Crippen LogP contribution in [0.2, 0.25) is 0 Å². The minimum atomic E-state index is -0.827. The third-order valence-electron chi connectivity index (χ3n) is 3.54. The Balaban J connectivity index is 2.03. The van der Waals surface area contributed by atoms with E-state index in [1.807, 2.05) is 12.1 Å². The van der Waals surface area contributed by atoms with Crippen molar-refractivity contribution in [3.8, 4) is 22.1 Å². The number of ether oxygens (including phenoxy) is 3. The highest BCUT2D eigenvalue weighted by atomic mass is 32.1. The van der Waals surface area contributed by atoms with E-state index in [9.17, 15) is 9.59 Å². The third kappa shape index (κ3) is 4.95. The molecule has 0 aliphatic carbocycles. The minimum Gasteiger partial charge on any atom is -0.493 e. The van der Waals surface area contributed by atoms with E-state index in [0.717, 1.165) is 10.6 Å². The van der Waals surface area contributed by atoms with Gasteiger partial charge in [-0.2, -0.15) is 0 Å². The van der Waals surface area contributed by atoms with Crippen LogP contribution in [-0.4, -0.2) is 43.7 Å². The third-order valence-corrected chi connectivity index (χ3v) is 4.48. The Morgan fingerprint density at radius 2 is 1.96 bits per heavy atom. The quantitative estimate of drug-likeness (QED) is 0.710. The van der Waals surface area contributed by atoms with Gasteiger partial charge in [-0.1, -0.05) is 0 Å². The molecule has 1 aromatic heterocycles. The maximum absolute atomic E-state index is 12.0. The zero-order valence-corrected chi connectivity index (χ0v) is 16.0. The number of hydrogen-bond acceptors (Lipinski definition) is 7. The van der Waals surface area contributed by atoms with Crippen LogP contribution in [0.1, 0.15) is 19.5 Å². The molecule has 1 amide bonds. The molecule has 1 atom stereocenters. The summed E-state index contributed by atoms with van der Waals surface area (Å²) in [6.45, 7) is 3.83. The predicted molar refractivity (Wildman–Crippen MR) is 98.6 cm³/mol. The highest BCUT2D eigenvalue weighted by molar-refractivity contribution is 7.13. The molecule has 0 radical (unpaired) electrons. The van der Waals surface area contributed by atoms with Crippen LogP contribution in [0.5, 0.6) is 11.5 Å². The SMILES string of the molecule is CCNC(=O)[C@H](C)OC(=O)Cc1csc(-c2ccc(OC)c(OC)c2)n1. The number of carbonyl (C=O) groups is 2. The first-order chi connectivity index (χ1) is 12.5. The first-order valence-corrected chi connectivity index (χ1v) is 9.00. The molecule has 0 fully saturated rings. The number of esters is 1. The van der Waals surface area contributed by atoms with E-state index in [-0.39, 0.29) is 12.3 Å². The van der Waals surface area contributed by atoms with Crippen LogP contribution in [0.3, 0.4) is 0 Å². The molecule has 0 saturated heterocycles. The highest BCUT2D eigenvalue weighted by Gasteiger charge is 2.18. The summed E-state index contributed by atoms with van der Waals surface area (Å²) in [4.78, 5) is 28.1. The van der Waals surface area contributed by atoms with Gasteiger partial charge in [0.1, 0.15) is 5.01 Å². The van der Waals surface area contributed by atoms with Gasteiger partial charge >= 0.3 is 5.97 Å². The Labute approximate surface area is 156 Å². The normalized spacial score (nSPS) is 11.5. The summed E-state index contributed by atoms with van der Waals surface area (Å²) in [6.07, 6.45) is -0.820. The fraction of sp³-hybridized carbons (Fsp3) is 0.389. The molecule has 0 unspecified atom stereocenters. The average molecular weight is 378 g/mol. The predicted octanol–water partition coefficient (Wildman–Crippen LogP) is 2.44. The van der Waals surface area contributed by atoms with Crippen LogP contribution in [0.4, 0.5) is 0 Å². The van der Waals surface area contributed by atoms with Gasteiger partial charge < -0.3 is 19.5 Å². The molecular weight excluding hydrogens is 356 g/mol. The summed E-state index contributed by atoms with van der Waals surface area (Å²) in [5.41, 5.74) is 1.45. The van der Waals surface area contributed by atoms with Gasteiger partial charge in [-0.25, -0.2) is 4.98 Å². The molecule has 1 heterocycles. The molecule has 7 nitrogen and oxygen atoms in total. The van der Waals surface area contributed by atoms with Crippen LogP contribution in [-0.2, 0) is 20.7 Å². The lowest BCUT2D eigenvalue weighted by molar-refractivity contribution is -0.154. The van der Waals surface area contributed by atoms with Gasteiger partial charge in [0, 0.05) is 17.5 Å². The van der Waals surface area contributed by atoms with Gasteiger partial charge in [0.05, 0.1) is 26.3 Å². The lowest BCUT2D eigenvalue weighted by Gasteiger charge is -2.12. The summed E-state index contributed by atoms with van der Waals surface area (Å²) in [5.74, 6) is 0.436. The smallest absolute Gasteiger partial charge is 0.312 e. The number of thiazole rings is 1. The molecule has 1 aromatic carbocycles. The van der Waals surface area contributed by atoms with Crippen molar-refractivity contribution in [2.75, 3.05) is 20.8 Å². The summed E-state index contributed by atoms with van der Waals surface area (Å²) in [7, 11) is 3.15. The van der Waals surface area contributed by atoms with Crippen molar-refractivity contribution in [3.05, 3.63) is 29.3 Å². The van der Waals surface area contributed by atoms with E-state index in [1.54, 1.807) is 39.5 Å². The van der Waals surface area contributed by atoms with Gasteiger partial charge in [-0.05, 0) is 32.0 Å². The number of rotatable bonds is 8. The fourth-order valence-electron chi connectivity index (χ4n) is 2.25. The van der Waals surface area contributed by atoms with Crippen LogP contribution in [0, 0.1) is 0 Å². The van der Waals surface area contributed by atoms with E-state index in [2.05, 4.69) is 10.3 Å². The summed E-state index contributed by atoms with van der Waals surface area (Å²) >= 11 is 1.42. The number of nitrogens with one attached hydrogen (secondary N) is 1. The molecule has 140 valence electrons. The van der Waals surface area contributed by atoms with E-state index >= 15 is 0 Å². The van der Waals surface area contributed by atoms with Crippen molar-refractivity contribution >= 4 is 23.2 Å². The van der Waals surface area contributed by atoms with Crippen LogP contribution < -0.4 is 14.8 Å². The topological polar surface area (TPSA) is 86.8 Å². The molecule has 0 aliphatic heterocycles. The van der Waals surface area contributed by atoms with E-state index < -0.39 is 12.1 Å². The Kier molecular flexibility index (Phi) is 6.97. The summed E-state index contributed by atoms with van der Waals surface area (Å²) in [6, 6.07) is 5.51. The molecule has 0 aliphatic rings. The first kappa shape index (κ1) is 19.7. The molecule has 0 saturated carbocycles. The molecule has 2 aromatic rings. The molecule has 0 bridgehead atoms. The second-order valence-electron chi connectivity index (χ2n) is 5.42. The van der Waals surface area contributed by atoms with Gasteiger partial charge in [-0.15, -0.1) is 11.3 Å². The van der Waals surface area contributed by atoms with Crippen molar-refractivity contribution < 1.29 is 23.8 Å². The van der Waals surface area contributed by atoms with E-state index in [1.165, 1.54) is 11.3 Å². The number of hydrogen-bond donors (Lipinski definition) is 1. The van der Waals surface area contributed by atoms with Crippen molar-refractivity contribution in [1.29, 1.82) is 0 Å². The summed E-state index contributed by atoms with van der Waals surface area (Å²) < 4.78 is 15.6. The minimum absolute atomic E-state index is 0.00747. The van der Waals surface area contributed by atoms with Crippen molar-refractivity contribution in [2.24, 2.45) is 0 Å². The molecule has 2 rings (SSSR count). The van der Waals surface area contributed by atoms with Crippen LogP contribution >= 0.6 is 11.3 Å². The second-order valence-corrected chi connectivity index (χ2v) is 6.28. The number of nitrogens with zero attached hydrogens (tertiary/aromatic N) is 1. The largest absolute Gasteiger partial charge is 0.493 e. The van der Waals surface area contributed by atoms with Crippen molar-refractivity contribution in [3.63, 3.8) is 0 Å². The maximum Gasteiger partial charge on any atom is 0.312 e. The van der Waals surface area contributed by atoms with Crippen LogP contribution in [0.25, 0.3) is 10.6 Å². The Morgan fingerprint density at radius 3 is 2.62 bits per heavy atom. The average Bonchev–Trinajstić information content (AvgIpc) is 3.09. The number of benzene rings is 1. The number of likely N-dealkylation sites (N-methyl/N-ethyl adjacent to an activating group) is 1. The summed E-state index contributed by atoms with van der Waals surface area (Å²) in [5, 5.41) is 5.16. The molecular formula is C18H22N2O5S. The number of methoxy groups -OCH3 is 2. The highest BCUT2D eigenvalue weighted by Crippen LogP contribution is 2.33. The molecule has 1 N–H and O–H groups in total. The lowest BCUT2D eigenvalue weighted by atomic mass is 10.2. The maximum atomic E-state index is 12.0. The first-order valence-electron chi connectivity index (χ1n) is 8.12. The number of carbonyl (C=O) groups excluding carboxylic acids is 2. The van der Waals surface area contributed by atoms with Crippen molar-refractivity contribution in [1.82, 2.24) is 10.3 Å². The Hall–Kier alpha value is -2.61. The fourth-order valence-corrected chi connectivity index (χ4v) is 3.06. The Bertz CT molecular complexity index is 775. The van der Waals surface area contributed by atoms with Crippen molar-refractivity contribution in [2.45, 2.75) is 26.4 Å². The number of amides is 1. The number of aromatic nitrogens is 1. The van der Waals surface area contributed by atoms with Gasteiger partial charge in [-0.3, -0.25) is 9.59 Å². The second kappa shape index (κ2) is 9.19. The lowest BCUT2D eigenvalue weighted by Crippen LogP contribution is -2.35. The Morgan fingerprint density at radius 1 is 1.23 bits per heavy atom. The standard InChI is InChI=1S/C18H22N2O5S/c1-5-19-17(22)11(2)25-16(21)9-13-10-26-18(20-13)12-6-7-14(23-3)15(8-12)24-4/h6-8,10-11H,5,9H2,1-4H3,(H,19,22)/t11-/m0/s1. The molecule has 0 spiro atoms. The van der Waals surface area contributed by atoms with Gasteiger partial charge in [0.25, 0.3) is 5.91 Å².